The van der Waals surface area contributed by atoms with Gasteiger partial charge < -0.3 is 11.1 Å². The maximum absolute atomic E-state index is 12.7. The van der Waals surface area contributed by atoms with Gasteiger partial charge in [0, 0.05) is 18.3 Å². The molecule has 19 heavy (non-hydrogen) atoms. The molecule has 6 heteroatoms. The highest BCUT2D eigenvalue weighted by atomic mass is 19.4. The summed E-state index contributed by atoms with van der Waals surface area (Å²) in [4.78, 5) is 0. The van der Waals surface area contributed by atoms with Gasteiger partial charge in [0.1, 0.15) is 0 Å². The van der Waals surface area contributed by atoms with Crippen molar-refractivity contribution in [3.8, 4) is 6.07 Å². The second kappa shape index (κ2) is 5.93. The molecule has 1 aromatic carbocycles. The molecule has 104 valence electrons. The highest BCUT2D eigenvalue weighted by Gasteiger charge is 2.33. The van der Waals surface area contributed by atoms with E-state index >= 15 is 0 Å². The predicted molar refractivity (Wildman–Crippen MR) is 67.5 cm³/mol. The Balaban J connectivity index is 2.91. The smallest absolute Gasteiger partial charge is 0.383 e. The topological polar surface area (TPSA) is 61.8 Å². The van der Waals surface area contributed by atoms with Crippen LogP contribution in [0.15, 0.2) is 18.2 Å². The van der Waals surface area contributed by atoms with E-state index in [1.807, 2.05) is 13.8 Å². The predicted octanol–water partition coefficient (Wildman–Crippen LogP) is 2.97. The Morgan fingerprint density at radius 2 is 2.00 bits per heavy atom. The summed E-state index contributed by atoms with van der Waals surface area (Å²) in [5.74, 6) is 0.230. The number of benzene rings is 1. The van der Waals surface area contributed by atoms with Crippen molar-refractivity contribution >= 4 is 5.69 Å². The van der Waals surface area contributed by atoms with Crippen molar-refractivity contribution < 1.29 is 13.2 Å². The first-order valence-electron chi connectivity index (χ1n) is 5.86. The number of nitrogens with two attached hydrogens (primary N) is 1. The van der Waals surface area contributed by atoms with E-state index in [9.17, 15) is 13.2 Å². The van der Waals surface area contributed by atoms with Crippen LogP contribution in [-0.4, -0.2) is 12.6 Å². The third-order valence-corrected chi connectivity index (χ3v) is 2.84. The van der Waals surface area contributed by atoms with Crippen molar-refractivity contribution in [2.75, 3.05) is 11.9 Å². The van der Waals surface area contributed by atoms with Crippen LogP contribution < -0.4 is 11.1 Å². The molecule has 0 heterocycles. The van der Waals surface area contributed by atoms with Crippen molar-refractivity contribution in [3.05, 3.63) is 29.3 Å². The first-order chi connectivity index (χ1) is 8.75. The van der Waals surface area contributed by atoms with E-state index in [-0.39, 0.29) is 17.5 Å². The third-order valence-electron chi connectivity index (χ3n) is 2.84. The van der Waals surface area contributed by atoms with Gasteiger partial charge in [0.25, 0.3) is 0 Å². The van der Waals surface area contributed by atoms with Crippen LogP contribution in [-0.2, 0) is 6.18 Å². The number of anilines is 1. The maximum atomic E-state index is 12.7. The van der Waals surface area contributed by atoms with Crippen LogP contribution in [0.2, 0.25) is 0 Å². The number of halogens is 3. The molecular weight excluding hydrogens is 255 g/mol. The quantitative estimate of drug-likeness (QED) is 0.885. The minimum Gasteiger partial charge on any atom is -0.383 e. The van der Waals surface area contributed by atoms with E-state index < -0.39 is 11.7 Å². The molecule has 3 N–H and O–H groups in total. The first-order valence-corrected chi connectivity index (χ1v) is 5.86. The molecule has 0 saturated carbocycles. The Labute approximate surface area is 110 Å². The van der Waals surface area contributed by atoms with Crippen LogP contribution >= 0.6 is 0 Å². The number of rotatable bonds is 4. The molecule has 0 aliphatic rings. The van der Waals surface area contributed by atoms with Gasteiger partial charge in [0.05, 0.1) is 17.2 Å². The van der Waals surface area contributed by atoms with E-state index in [0.717, 1.165) is 12.1 Å². The normalized spacial score (nSPS) is 13.2. The van der Waals surface area contributed by atoms with Crippen LogP contribution in [0, 0.1) is 17.2 Å². The molecule has 0 aliphatic heterocycles. The molecule has 0 radical (unpaired) electrons. The van der Waals surface area contributed by atoms with E-state index in [1.165, 1.54) is 12.1 Å². The Kier molecular flexibility index (Phi) is 4.78. The highest BCUT2D eigenvalue weighted by Crippen LogP contribution is 2.33. The zero-order valence-corrected chi connectivity index (χ0v) is 10.8. The summed E-state index contributed by atoms with van der Waals surface area (Å²) in [5.41, 5.74) is 4.80. The maximum Gasteiger partial charge on any atom is 0.417 e. The Morgan fingerprint density at radius 3 is 2.47 bits per heavy atom. The molecule has 0 aromatic heterocycles. The molecule has 1 aromatic rings. The molecule has 0 aliphatic carbocycles. The van der Waals surface area contributed by atoms with Gasteiger partial charge in [-0.3, -0.25) is 0 Å². The molecular formula is C13H16F3N3. The molecule has 0 fully saturated rings. The molecule has 0 saturated heterocycles. The van der Waals surface area contributed by atoms with Gasteiger partial charge in [0.2, 0.25) is 0 Å². The van der Waals surface area contributed by atoms with Crippen LogP contribution in [0.3, 0.4) is 0 Å². The number of alkyl halides is 3. The van der Waals surface area contributed by atoms with Gasteiger partial charge in [-0.05, 0) is 24.1 Å². The van der Waals surface area contributed by atoms with Crippen molar-refractivity contribution in [2.24, 2.45) is 11.7 Å². The van der Waals surface area contributed by atoms with Crippen molar-refractivity contribution in [1.82, 2.24) is 0 Å². The van der Waals surface area contributed by atoms with Crippen molar-refractivity contribution in [3.63, 3.8) is 0 Å². The minimum atomic E-state index is -4.54. The lowest BCUT2D eigenvalue weighted by atomic mass is 10.0. The molecule has 0 amide bonds. The summed E-state index contributed by atoms with van der Waals surface area (Å²) in [6.45, 7) is 4.25. The summed E-state index contributed by atoms with van der Waals surface area (Å²) in [6.07, 6.45) is -4.54. The SMILES string of the molecule is CC(C)C(N)CNc1ccc(C#N)c(C(F)(F)F)c1. The standard InChI is InChI=1S/C13H16F3N3/c1-8(2)12(18)7-19-10-4-3-9(6-17)11(5-10)13(14,15)16/h3-5,8,12,19H,7,18H2,1-2H3. The minimum absolute atomic E-state index is 0.148. The average Bonchev–Trinajstić information content (AvgIpc) is 2.34. The van der Waals surface area contributed by atoms with E-state index in [4.69, 9.17) is 11.0 Å². The summed E-state index contributed by atoms with van der Waals surface area (Å²) in [5, 5.41) is 11.5. The summed E-state index contributed by atoms with van der Waals surface area (Å²) < 4.78 is 38.2. The van der Waals surface area contributed by atoms with Gasteiger partial charge in [0.15, 0.2) is 0 Å². The van der Waals surface area contributed by atoms with Crippen LogP contribution in [0.1, 0.15) is 25.0 Å². The summed E-state index contributed by atoms with van der Waals surface area (Å²) in [6, 6.07) is 4.93. The fourth-order valence-corrected chi connectivity index (χ4v) is 1.46. The Bertz CT molecular complexity index is 475. The summed E-state index contributed by atoms with van der Waals surface area (Å²) in [7, 11) is 0. The second-order valence-corrected chi connectivity index (χ2v) is 4.66. The van der Waals surface area contributed by atoms with E-state index in [1.54, 1.807) is 0 Å². The molecule has 1 rings (SSSR count). The lowest BCUT2D eigenvalue weighted by Gasteiger charge is -2.18. The molecule has 3 nitrogen and oxygen atoms in total. The zero-order valence-electron chi connectivity index (χ0n) is 10.8. The average molecular weight is 271 g/mol. The van der Waals surface area contributed by atoms with Gasteiger partial charge in [-0.1, -0.05) is 13.8 Å². The van der Waals surface area contributed by atoms with E-state index in [2.05, 4.69) is 5.32 Å². The van der Waals surface area contributed by atoms with E-state index in [0.29, 0.717) is 12.2 Å². The molecule has 0 bridgehead atoms. The monoisotopic (exact) mass is 271 g/mol. The van der Waals surface area contributed by atoms with Gasteiger partial charge in [-0.15, -0.1) is 0 Å². The fourth-order valence-electron chi connectivity index (χ4n) is 1.46. The third kappa shape index (κ3) is 4.14. The Morgan fingerprint density at radius 1 is 1.37 bits per heavy atom. The number of hydrogen-bond acceptors (Lipinski definition) is 3. The lowest BCUT2D eigenvalue weighted by Crippen LogP contribution is -2.34. The van der Waals surface area contributed by atoms with Crippen LogP contribution in [0.4, 0.5) is 18.9 Å². The van der Waals surface area contributed by atoms with Crippen molar-refractivity contribution in [1.29, 1.82) is 5.26 Å². The van der Waals surface area contributed by atoms with Crippen LogP contribution in [0.25, 0.3) is 0 Å². The fraction of sp³-hybridized carbons (Fsp3) is 0.462. The number of nitrogens with one attached hydrogen (secondary N) is 1. The molecule has 1 unspecified atom stereocenters. The second-order valence-electron chi connectivity index (χ2n) is 4.66. The molecule has 1 atom stereocenters. The largest absolute Gasteiger partial charge is 0.417 e. The highest BCUT2D eigenvalue weighted by molar-refractivity contribution is 5.53. The van der Waals surface area contributed by atoms with Crippen molar-refractivity contribution in [2.45, 2.75) is 26.1 Å². The number of nitriles is 1. The molecule has 0 spiro atoms. The number of nitrogens with zero attached hydrogens (tertiary/aromatic N) is 1. The Hall–Kier alpha value is -1.74. The number of hydrogen-bond donors (Lipinski definition) is 2. The van der Waals surface area contributed by atoms with Gasteiger partial charge in [-0.2, -0.15) is 18.4 Å². The van der Waals surface area contributed by atoms with Crippen LogP contribution in [0.5, 0.6) is 0 Å². The first kappa shape index (κ1) is 15.3. The van der Waals surface area contributed by atoms with Gasteiger partial charge >= 0.3 is 6.18 Å². The zero-order chi connectivity index (χ0) is 14.6. The summed E-state index contributed by atoms with van der Waals surface area (Å²) >= 11 is 0. The lowest BCUT2D eigenvalue weighted by molar-refractivity contribution is -0.137. The van der Waals surface area contributed by atoms with Gasteiger partial charge in [-0.25, -0.2) is 0 Å².